The average molecular weight is 211 g/mol. The predicted molar refractivity (Wildman–Crippen MR) is 58.3 cm³/mol. The summed E-state index contributed by atoms with van der Waals surface area (Å²) in [5.41, 5.74) is 5.70. The van der Waals surface area contributed by atoms with Crippen molar-refractivity contribution in [3.05, 3.63) is 0 Å². The summed E-state index contributed by atoms with van der Waals surface area (Å²) in [6, 6.07) is 0. The molecule has 0 aromatic rings. The van der Waals surface area contributed by atoms with E-state index in [0.29, 0.717) is 6.54 Å². The number of nitrogens with two attached hydrogens (primary N) is 1. The van der Waals surface area contributed by atoms with Gasteiger partial charge in [-0.1, -0.05) is 13.8 Å². The van der Waals surface area contributed by atoms with Gasteiger partial charge in [0.05, 0.1) is 6.42 Å². The number of fused-ring (bicyclic) bond motifs is 1. The Morgan fingerprint density at radius 2 is 1.80 bits per heavy atom. The second-order valence-corrected chi connectivity index (χ2v) is 5.73. The van der Waals surface area contributed by atoms with Crippen LogP contribution in [0.25, 0.3) is 0 Å². The molecule has 0 spiro atoms. The van der Waals surface area contributed by atoms with Gasteiger partial charge in [0, 0.05) is 0 Å². The monoisotopic (exact) mass is 211 g/mol. The molecular formula is C12H21NO2. The molecule has 0 bridgehead atoms. The molecule has 15 heavy (non-hydrogen) atoms. The number of carbonyl (C=O) groups is 1. The van der Waals surface area contributed by atoms with E-state index in [1.54, 1.807) is 0 Å². The number of hydrogen-bond acceptors (Lipinski definition) is 2. The van der Waals surface area contributed by atoms with E-state index in [9.17, 15) is 4.79 Å². The number of carboxylic acids is 1. The van der Waals surface area contributed by atoms with E-state index in [-0.39, 0.29) is 11.8 Å². The van der Waals surface area contributed by atoms with Gasteiger partial charge < -0.3 is 10.8 Å². The van der Waals surface area contributed by atoms with Crippen LogP contribution in [0.15, 0.2) is 0 Å². The highest BCUT2D eigenvalue weighted by Gasteiger charge is 2.56. The first kappa shape index (κ1) is 10.9. The zero-order valence-corrected chi connectivity index (χ0v) is 9.57. The molecule has 2 saturated carbocycles. The second kappa shape index (κ2) is 3.48. The van der Waals surface area contributed by atoms with Crippen molar-refractivity contribution in [1.82, 2.24) is 0 Å². The van der Waals surface area contributed by atoms with Crippen molar-refractivity contribution in [3.63, 3.8) is 0 Å². The van der Waals surface area contributed by atoms with Crippen LogP contribution in [0.2, 0.25) is 0 Å². The van der Waals surface area contributed by atoms with Crippen LogP contribution < -0.4 is 5.73 Å². The van der Waals surface area contributed by atoms with Crippen LogP contribution in [0, 0.1) is 29.1 Å². The normalized spacial score (nSPS) is 48.5. The third-order valence-electron chi connectivity index (χ3n) is 5.03. The Morgan fingerprint density at radius 3 is 2.13 bits per heavy atom. The van der Waals surface area contributed by atoms with Crippen molar-refractivity contribution in [2.75, 3.05) is 6.54 Å². The first-order chi connectivity index (χ1) is 6.99. The van der Waals surface area contributed by atoms with E-state index in [1.165, 1.54) is 0 Å². The minimum absolute atomic E-state index is 0.0970. The summed E-state index contributed by atoms with van der Waals surface area (Å²) >= 11 is 0. The highest BCUT2D eigenvalue weighted by atomic mass is 16.4. The highest BCUT2D eigenvalue weighted by Crippen LogP contribution is 2.61. The number of rotatable bonds is 3. The van der Waals surface area contributed by atoms with Crippen molar-refractivity contribution in [2.45, 2.75) is 33.1 Å². The Labute approximate surface area is 91.0 Å². The second-order valence-electron chi connectivity index (χ2n) is 5.73. The summed E-state index contributed by atoms with van der Waals surface area (Å²) in [5, 5.41) is 8.94. The van der Waals surface area contributed by atoms with Gasteiger partial charge in [0.2, 0.25) is 0 Å². The van der Waals surface area contributed by atoms with Crippen LogP contribution >= 0.6 is 0 Å². The summed E-state index contributed by atoms with van der Waals surface area (Å²) in [4.78, 5) is 10.9. The summed E-state index contributed by atoms with van der Waals surface area (Å²) in [5.74, 6) is 2.31. The molecule has 5 atom stereocenters. The van der Waals surface area contributed by atoms with E-state index < -0.39 is 5.97 Å². The Balaban J connectivity index is 2.08. The van der Waals surface area contributed by atoms with Crippen LogP contribution in [0.4, 0.5) is 0 Å². The molecule has 2 aliphatic rings. The van der Waals surface area contributed by atoms with Crippen LogP contribution in [0.5, 0.6) is 0 Å². The standard InChI is InChI=1S/C12H21NO2/c1-7-8(2)10-4-12(6-13,3-9(7)10)5-11(14)15/h7-10H,3-6,13H2,1-2H3,(H,14,15)/t7?,8?,9-,10+,12?. The molecule has 0 radical (unpaired) electrons. The van der Waals surface area contributed by atoms with E-state index in [0.717, 1.165) is 36.5 Å². The van der Waals surface area contributed by atoms with E-state index >= 15 is 0 Å². The van der Waals surface area contributed by atoms with Gasteiger partial charge in [0.15, 0.2) is 0 Å². The molecule has 86 valence electrons. The summed E-state index contributed by atoms with van der Waals surface area (Å²) in [7, 11) is 0. The summed E-state index contributed by atoms with van der Waals surface area (Å²) < 4.78 is 0. The maximum absolute atomic E-state index is 10.9. The highest BCUT2D eigenvalue weighted by molar-refractivity contribution is 5.67. The average Bonchev–Trinajstić information content (AvgIpc) is 2.53. The van der Waals surface area contributed by atoms with Crippen LogP contribution in [-0.4, -0.2) is 17.6 Å². The molecule has 3 N–H and O–H groups in total. The smallest absolute Gasteiger partial charge is 0.303 e. The fraction of sp³-hybridized carbons (Fsp3) is 0.917. The van der Waals surface area contributed by atoms with Crippen LogP contribution in [0.1, 0.15) is 33.1 Å². The largest absolute Gasteiger partial charge is 0.481 e. The minimum atomic E-state index is -0.693. The molecule has 3 heteroatoms. The van der Waals surface area contributed by atoms with E-state index in [4.69, 9.17) is 10.8 Å². The molecule has 2 fully saturated rings. The lowest BCUT2D eigenvalue weighted by atomic mass is 9.60. The molecule has 3 nitrogen and oxygen atoms in total. The third-order valence-corrected chi connectivity index (χ3v) is 5.03. The topological polar surface area (TPSA) is 63.3 Å². The lowest BCUT2D eigenvalue weighted by Crippen LogP contribution is -2.39. The molecule has 0 heterocycles. The van der Waals surface area contributed by atoms with Crippen LogP contribution in [-0.2, 0) is 4.79 Å². The number of carboxylic acid groups (broad SMARTS) is 1. The molecule has 2 aliphatic carbocycles. The molecule has 0 aliphatic heterocycles. The van der Waals surface area contributed by atoms with E-state index in [1.807, 2.05) is 0 Å². The zero-order valence-electron chi connectivity index (χ0n) is 9.57. The molecule has 3 unspecified atom stereocenters. The lowest BCUT2D eigenvalue weighted by molar-refractivity contribution is -0.139. The molecule has 0 aromatic carbocycles. The molecule has 0 saturated heterocycles. The van der Waals surface area contributed by atoms with Crippen LogP contribution in [0.3, 0.4) is 0 Å². The Morgan fingerprint density at radius 1 is 1.33 bits per heavy atom. The minimum Gasteiger partial charge on any atom is -0.481 e. The molecular weight excluding hydrogens is 190 g/mol. The summed E-state index contributed by atoms with van der Waals surface area (Å²) in [6.45, 7) is 5.12. The van der Waals surface area contributed by atoms with Gasteiger partial charge in [-0.05, 0) is 48.5 Å². The van der Waals surface area contributed by atoms with Gasteiger partial charge in [-0.2, -0.15) is 0 Å². The predicted octanol–water partition coefficient (Wildman–Crippen LogP) is 1.72. The third kappa shape index (κ3) is 1.57. The first-order valence-corrected chi connectivity index (χ1v) is 5.91. The van der Waals surface area contributed by atoms with E-state index in [2.05, 4.69) is 13.8 Å². The van der Waals surface area contributed by atoms with Crippen molar-refractivity contribution in [3.8, 4) is 0 Å². The summed E-state index contributed by atoms with van der Waals surface area (Å²) in [6.07, 6.45) is 2.33. The van der Waals surface area contributed by atoms with Gasteiger partial charge in [0.25, 0.3) is 0 Å². The van der Waals surface area contributed by atoms with Gasteiger partial charge >= 0.3 is 5.97 Å². The molecule has 0 amide bonds. The fourth-order valence-electron chi connectivity index (χ4n) is 3.88. The van der Waals surface area contributed by atoms with Crippen molar-refractivity contribution >= 4 is 5.97 Å². The lowest BCUT2D eigenvalue weighted by Gasteiger charge is -2.45. The van der Waals surface area contributed by atoms with Gasteiger partial charge in [0.1, 0.15) is 0 Å². The van der Waals surface area contributed by atoms with Crippen molar-refractivity contribution in [2.24, 2.45) is 34.8 Å². The Hall–Kier alpha value is -0.570. The van der Waals surface area contributed by atoms with Gasteiger partial charge in [-0.3, -0.25) is 4.79 Å². The quantitative estimate of drug-likeness (QED) is 0.747. The Kier molecular flexibility index (Phi) is 2.53. The number of aliphatic carboxylic acids is 1. The van der Waals surface area contributed by atoms with Gasteiger partial charge in [-0.25, -0.2) is 0 Å². The SMILES string of the molecule is CC1C(C)[C@@H]2CC(CN)(CC(=O)O)C[C@H]12. The Bertz CT molecular complexity index is 261. The molecule has 2 rings (SSSR count). The molecule has 0 aromatic heterocycles. The first-order valence-electron chi connectivity index (χ1n) is 5.91. The maximum Gasteiger partial charge on any atom is 0.303 e. The van der Waals surface area contributed by atoms with Gasteiger partial charge in [-0.15, -0.1) is 0 Å². The van der Waals surface area contributed by atoms with Crippen molar-refractivity contribution < 1.29 is 9.90 Å². The fourth-order valence-corrected chi connectivity index (χ4v) is 3.88. The number of hydrogen-bond donors (Lipinski definition) is 2. The zero-order chi connectivity index (χ0) is 11.2. The maximum atomic E-state index is 10.9. The van der Waals surface area contributed by atoms with Crippen molar-refractivity contribution in [1.29, 1.82) is 0 Å².